The third kappa shape index (κ3) is 3.74. The SMILES string of the molecule is Cc1nc2cc[nH]c(=O)c2cc1C(=O)OC(C)Cc1cccc(F)c1. The number of halogens is 1. The number of carbonyl (C=O) groups excluding carboxylic acids is 1. The van der Waals surface area contributed by atoms with Crippen LogP contribution in [0.15, 0.2) is 47.4 Å². The molecule has 1 atom stereocenters. The standard InChI is InChI=1S/C19H17FN2O3/c1-11(8-13-4-3-5-14(20)9-13)25-19(24)15-10-16-17(22-12(15)2)6-7-21-18(16)23/h3-7,9-11H,8H2,1-2H3,(H,21,23). The number of hydrogen-bond donors (Lipinski definition) is 1. The van der Waals surface area contributed by atoms with Crippen molar-refractivity contribution in [1.29, 1.82) is 0 Å². The molecule has 1 aromatic carbocycles. The Morgan fingerprint density at radius 1 is 1.32 bits per heavy atom. The highest BCUT2D eigenvalue weighted by molar-refractivity contribution is 5.94. The maximum Gasteiger partial charge on any atom is 0.340 e. The molecule has 25 heavy (non-hydrogen) atoms. The molecule has 0 spiro atoms. The highest BCUT2D eigenvalue weighted by Crippen LogP contribution is 2.16. The normalized spacial score (nSPS) is 12.1. The van der Waals surface area contributed by atoms with Crippen LogP contribution in [0, 0.1) is 12.7 Å². The van der Waals surface area contributed by atoms with E-state index in [1.165, 1.54) is 24.4 Å². The predicted molar refractivity (Wildman–Crippen MR) is 92.1 cm³/mol. The van der Waals surface area contributed by atoms with Gasteiger partial charge >= 0.3 is 5.97 Å². The maximum absolute atomic E-state index is 13.2. The molecule has 128 valence electrons. The van der Waals surface area contributed by atoms with E-state index in [1.807, 2.05) is 0 Å². The van der Waals surface area contributed by atoms with Crippen molar-refractivity contribution in [2.45, 2.75) is 26.4 Å². The molecule has 0 aliphatic rings. The first kappa shape index (κ1) is 16.8. The Morgan fingerprint density at radius 3 is 2.88 bits per heavy atom. The first-order chi connectivity index (χ1) is 11.9. The Bertz CT molecular complexity index is 997. The lowest BCUT2D eigenvalue weighted by Crippen LogP contribution is -2.19. The number of aromatic amines is 1. The zero-order valence-electron chi connectivity index (χ0n) is 13.9. The molecule has 0 radical (unpaired) electrons. The predicted octanol–water partition coefficient (Wildman–Crippen LogP) is 3.16. The number of carbonyl (C=O) groups is 1. The zero-order chi connectivity index (χ0) is 18.0. The summed E-state index contributed by atoms with van der Waals surface area (Å²) >= 11 is 0. The summed E-state index contributed by atoms with van der Waals surface area (Å²) < 4.78 is 18.7. The number of benzene rings is 1. The van der Waals surface area contributed by atoms with Gasteiger partial charge in [-0.3, -0.25) is 9.78 Å². The Balaban J connectivity index is 1.81. The fourth-order valence-corrected chi connectivity index (χ4v) is 2.70. The van der Waals surface area contributed by atoms with E-state index in [-0.39, 0.29) is 16.9 Å². The molecule has 6 heteroatoms. The van der Waals surface area contributed by atoms with Gasteiger partial charge in [-0.15, -0.1) is 0 Å². The number of aryl methyl sites for hydroxylation is 1. The third-order valence-electron chi connectivity index (χ3n) is 3.88. The number of fused-ring (bicyclic) bond motifs is 1. The fourth-order valence-electron chi connectivity index (χ4n) is 2.70. The largest absolute Gasteiger partial charge is 0.459 e. The van der Waals surface area contributed by atoms with Gasteiger partial charge in [0.2, 0.25) is 0 Å². The molecule has 3 rings (SSSR count). The maximum atomic E-state index is 13.2. The zero-order valence-corrected chi connectivity index (χ0v) is 13.9. The van der Waals surface area contributed by atoms with Gasteiger partial charge in [0.1, 0.15) is 11.9 Å². The molecule has 0 bridgehead atoms. The first-order valence-corrected chi connectivity index (χ1v) is 7.88. The minimum absolute atomic E-state index is 0.246. The molecule has 2 aromatic heterocycles. The van der Waals surface area contributed by atoms with Crippen LogP contribution in [0.5, 0.6) is 0 Å². The molecular weight excluding hydrogens is 323 g/mol. The number of rotatable bonds is 4. The molecule has 0 aliphatic heterocycles. The monoisotopic (exact) mass is 340 g/mol. The molecule has 1 unspecified atom stereocenters. The van der Waals surface area contributed by atoms with E-state index in [1.54, 1.807) is 32.0 Å². The van der Waals surface area contributed by atoms with Crippen molar-refractivity contribution in [2.75, 3.05) is 0 Å². The second kappa shape index (κ2) is 6.84. The van der Waals surface area contributed by atoms with Gasteiger partial charge in [-0.2, -0.15) is 0 Å². The Morgan fingerprint density at radius 2 is 2.12 bits per heavy atom. The average Bonchev–Trinajstić information content (AvgIpc) is 2.54. The van der Waals surface area contributed by atoms with E-state index >= 15 is 0 Å². The summed E-state index contributed by atoms with van der Waals surface area (Å²) in [6.07, 6.45) is 1.46. The molecule has 3 aromatic rings. The van der Waals surface area contributed by atoms with Crippen LogP contribution in [0.2, 0.25) is 0 Å². The van der Waals surface area contributed by atoms with Crippen molar-refractivity contribution in [3.8, 4) is 0 Å². The van der Waals surface area contributed by atoms with Gasteiger partial charge in [0.25, 0.3) is 5.56 Å². The number of pyridine rings is 2. The number of hydrogen-bond acceptors (Lipinski definition) is 4. The molecule has 5 nitrogen and oxygen atoms in total. The van der Waals surface area contributed by atoms with Crippen molar-refractivity contribution >= 4 is 16.9 Å². The average molecular weight is 340 g/mol. The molecule has 2 heterocycles. The number of esters is 1. The van der Waals surface area contributed by atoms with E-state index in [4.69, 9.17) is 4.74 Å². The Labute approximate surface area is 143 Å². The smallest absolute Gasteiger partial charge is 0.340 e. The van der Waals surface area contributed by atoms with Crippen molar-refractivity contribution in [2.24, 2.45) is 0 Å². The number of aromatic nitrogens is 2. The van der Waals surface area contributed by atoms with Gasteiger partial charge in [0.15, 0.2) is 0 Å². The molecule has 0 amide bonds. The Hall–Kier alpha value is -3.02. The van der Waals surface area contributed by atoms with E-state index in [2.05, 4.69) is 9.97 Å². The fraction of sp³-hybridized carbons (Fsp3) is 0.211. The van der Waals surface area contributed by atoms with Crippen molar-refractivity contribution in [3.63, 3.8) is 0 Å². The summed E-state index contributed by atoms with van der Waals surface area (Å²) in [5.74, 6) is -0.885. The van der Waals surface area contributed by atoms with Gasteiger partial charge in [-0.05, 0) is 43.7 Å². The van der Waals surface area contributed by atoms with Crippen LogP contribution in [-0.2, 0) is 11.2 Å². The van der Waals surface area contributed by atoms with Crippen molar-refractivity contribution < 1.29 is 13.9 Å². The first-order valence-electron chi connectivity index (χ1n) is 7.88. The Kier molecular flexibility index (Phi) is 4.61. The van der Waals surface area contributed by atoms with Gasteiger partial charge in [0, 0.05) is 12.6 Å². The van der Waals surface area contributed by atoms with Gasteiger partial charge in [-0.25, -0.2) is 9.18 Å². The van der Waals surface area contributed by atoms with E-state index in [9.17, 15) is 14.0 Å². The summed E-state index contributed by atoms with van der Waals surface area (Å²) in [5.41, 5.74) is 1.68. The van der Waals surface area contributed by atoms with Gasteiger partial charge < -0.3 is 9.72 Å². The summed E-state index contributed by atoms with van der Waals surface area (Å²) in [5, 5.41) is 0.331. The van der Waals surface area contributed by atoms with Crippen LogP contribution in [-0.4, -0.2) is 22.0 Å². The van der Waals surface area contributed by atoms with Crippen LogP contribution < -0.4 is 5.56 Å². The number of nitrogens with zero attached hydrogens (tertiary/aromatic N) is 1. The topological polar surface area (TPSA) is 72.0 Å². The third-order valence-corrected chi connectivity index (χ3v) is 3.88. The second-order valence-electron chi connectivity index (χ2n) is 5.91. The lowest BCUT2D eigenvalue weighted by molar-refractivity contribution is 0.0341. The molecule has 0 fully saturated rings. The molecule has 0 aliphatic carbocycles. The quantitative estimate of drug-likeness (QED) is 0.741. The molecule has 0 saturated carbocycles. The number of nitrogens with one attached hydrogen (secondary N) is 1. The molecule has 1 N–H and O–H groups in total. The van der Waals surface area contributed by atoms with Crippen molar-refractivity contribution in [3.05, 3.63) is 75.6 Å². The minimum atomic E-state index is -0.556. The van der Waals surface area contributed by atoms with E-state index in [0.29, 0.717) is 23.0 Å². The number of ether oxygens (including phenoxy) is 1. The van der Waals surface area contributed by atoms with Crippen LogP contribution in [0.25, 0.3) is 10.9 Å². The summed E-state index contributed by atoms with van der Waals surface area (Å²) in [7, 11) is 0. The van der Waals surface area contributed by atoms with Crippen LogP contribution in [0.3, 0.4) is 0 Å². The van der Waals surface area contributed by atoms with Crippen molar-refractivity contribution in [1.82, 2.24) is 9.97 Å². The van der Waals surface area contributed by atoms with Gasteiger partial charge in [-0.1, -0.05) is 12.1 Å². The molecular formula is C19H17FN2O3. The summed E-state index contributed by atoms with van der Waals surface area (Å²) in [6.45, 7) is 3.42. The minimum Gasteiger partial charge on any atom is -0.459 e. The summed E-state index contributed by atoms with van der Waals surface area (Å²) in [4.78, 5) is 31.2. The van der Waals surface area contributed by atoms with Crippen LogP contribution >= 0.6 is 0 Å². The van der Waals surface area contributed by atoms with Crippen LogP contribution in [0.1, 0.15) is 28.5 Å². The lowest BCUT2D eigenvalue weighted by Gasteiger charge is -2.14. The number of H-pyrrole nitrogens is 1. The highest BCUT2D eigenvalue weighted by atomic mass is 19.1. The highest BCUT2D eigenvalue weighted by Gasteiger charge is 2.17. The summed E-state index contributed by atoms with van der Waals surface area (Å²) in [6, 6.07) is 9.33. The lowest BCUT2D eigenvalue weighted by atomic mass is 10.1. The van der Waals surface area contributed by atoms with Crippen LogP contribution in [0.4, 0.5) is 4.39 Å². The molecule has 0 saturated heterocycles. The second-order valence-corrected chi connectivity index (χ2v) is 5.91. The van der Waals surface area contributed by atoms with E-state index in [0.717, 1.165) is 5.56 Å². The van der Waals surface area contributed by atoms with E-state index < -0.39 is 12.1 Å². The van der Waals surface area contributed by atoms with Gasteiger partial charge in [0.05, 0.1) is 22.2 Å².